The number of carbonyl (C=O) groups is 1. The summed E-state index contributed by atoms with van der Waals surface area (Å²) in [4.78, 5) is 16.4. The third-order valence-corrected chi connectivity index (χ3v) is 4.03. The highest BCUT2D eigenvalue weighted by molar-refractivity contribution is 5.78. The van der Waals surface area contributed by atoms with Crippen molar-refractivity contribution in [3.8, 4) is 0 Å². The number of nitrogens with zero attached hydrogens (tertiary/aromatic N) is 2. The minimum Gasteiger partial charge on any atom is -0.383 e. The molecular weight excluding hydrogens is 254 g/mol. The maximum Gasteiger partial charge on any atom is 0.223 e. The normalized spacial score (nSPS) is 15.7. The average molecular weight is 279 g/mol. The van der Waals surface area contributed by atoms with Crippen LogP contribution in [-0.2, 0) is 22.5 Å². The van der Waals surface area contributed by atoms with Gasteiger partial charge in [-0.1, -0.05) is 12.8 Å². The second-order valence-electron chi connectivity index (χ2n) is 5.48. The molecule has 0 aliphatic heterocycles. The lowest BCUT2D eigenvalue weighted by Crippen LogP contribution is -2.31. The predicted molar refractivity (Wildman–Crippen MR) is 77.5 cm³/mol. The molecule has 5 nitrogen and oxygen atoms in total. The molecule has 0 unspecified atom stereocenters. The van der Waals surface area contributed by atoms with Gasteiger partial charge in [-0.2, -0.15) is 0 Å². The summed E-state index contributed by atoms with van der Waals surface area (Å²) in [7, 11) is 1.70. The number of methoxy groups -OCH3 is 1. The minimum absolute atomic E-state index is 0.217. The van der Waals surface area contributed by atoms with Gasteiger partial charge in [-0.25, -0.2) is 4.98 Å². The molecule has 1 saturated carbocycles. The second-order valence-corrected chi connectivity index (χ2v) is 5.48. The Morgan fingerprint density at radius 3 is 2.95 bits per heavy atom. The summed E-state index contributed by atoms with van der Waals surface area (Å²) in [6.07, 6.45) is 7.14. The molecule has 5 heteroatoms. The average Bonchev–Trinajstić information content (AvgIpc) is 3.07. The number of aromatic nitrogens is 2. The van der Waals surface area contributed by atoms with Crippen LogP contribution in [0.4, 0.5) is 0 Å². The van der Waals surface area contributed by atoms with Gasteiger partial charge in [0.15, 0.2) is 0 Å². The molecular formula is C15H25N3O2. The Kier molecular flexibility index (Phi) is 5.59. The van der Waals surface area contributed by atoms with Crippen LogP contribution in [0.2, 0.25) is 0 Å². The fraction of sp³-hybridized carbons (Fsp3) is 0.733. The van der Waals surface area contributed by atoms with Gasteiger partial charge in [0.1, 0.15) is 5.82 Å². The monoisotopic (exact) mass is 279 g/mol. The Balaban J connectivity index is 1.80. The van der Waals surface area contributed by atoms with E-state index < -0.39 is 0 Å². The molecule has 1 fully saturated rings. The fourth-order valence-electron chi connectivity index (χ4n) is 2.83. The number of rotatable bonds is 7. The molecule has 1 aromatic rings. The van der Waals surface area contributed by atoms with Gasteiger partial charge in [0.05, 0.1) is 6.61 Å². The van der Waals surface area contributed by atoms with Crippen molar-refractivity contribution < 1.29 is 9.53 Å². The molecule has 0 radical (unpaired) electrons. The summed E-state index contributed by atoms with van der Waals surface area (Å²) in [6, 6.07) is 0. The molecule has 1 N–H and O–H groups in total. The van der Waals surface area contributed by atoms with Crippen molar-refractivity contribution in [3.05, 3.63) is 17.7 Å². The van der Waals surface area contributed by atoms with Crippen molar-refractivity contribution in [2.24, 2.45) is 5.92 Å². The molecule has 0 bridgehead atoms. The summed E-state index contributed by atoms with van der Waals surface area (Å²) in [5, 5.41) is 3.04. The van der Waals surface area contributed by atoms with Crippen LogP contribution < -0.4 is 5.32 Å². The van der Waals surface area contributed by atoms with Crippen molar-refractivity contribution in [2.75, 3.05) is 20.3 Å². The number of ether oxygens (including phenoxy) is 1. The fourth-order valence-corrected chi connectivity index (χ4v) is 2.83. The summed E-state index contributed by atoms with van der Waals surface area (Å²) in [6.45, 7) is 4.20. The van der Waals surface area contributed by atoms with Gasteiger partial charge in [-0.15, -0.1) is 0 Å². The highest BCUT2D eigenvalue weighted by Crippen LogP contribution is 2.24. The van der Waals surface area contributed by atoms with Gasteiger partial charge >= 0.3 is 0 Å². The number of hydrogen-bond acceptors (Lipinski definition) is 3. The zero-order valence-electron chi connectivity index (χ0n) is 12.5. The van der Waals surface area contributed by atoms with Gasteiger partial charge < -0.3 is 14.6 Å². The van der Waals surface area contributed by atoms with E-state index >= 15 is 0 Å². The van der Waals surface area contributed by atoms with E-state index in [1.807, 2.05) is 13.1 Å². The Labute approximate surface area is 120 Å². The number of hydrogen-bond donors (Lipinski definition) is 1. The number of imidazole rings is 1. The lowest BCUT2D eigenvalue weighted by atomic mass is 10.1. The SMILES string of the molecule is COCCn1c(C)cnc1CCNC(=O)C1CCCC1. The number of amides is 1. The summed E-state index contributed by atoms with van der Waals surface area (Å²) < 4.78 is 7.27. The van der Waals surface area contributed by atoms with Crippen LogP contribution in [0.25, 0.3) is 0 Å². The number of nitrogens with one attached hydrogen (secondary N) is 1. The van der Waals surface area contributed by atoms with Crippen LogP contribution in [0.1, 0.15) is 37.2 Å². The van der Waals surface area contributed by atoms with Crippen molar-refractivity contribution in [1.29, 1.82) is 0 Å². The molecule has 0 aromatic carbocycles. The molecule has 2 rings (SSSR count). The Bertz CT molecular complexity index is 436. The number of carbonyl (C=O) groups excluding carboxylic acids is 1. The molecule has 112 valence electrons. The van der Waals surface area contributed by atoms with E-state index in [4.69, 9.17) is 4.74 Å². The predicted octanol–water partition coefficient (Wildman–Crippen LogP) is 1.69. The van der Waals surface area contributed by atoms with E-state index in [1.165, 1.54) is 12.8 Å². The van der Waals surface area contributed by atoms with E-state index in [0.717, 1.165) is 37.3 Å². The van der Waals surface area contributed by atoms with E-state index in [2.05, 4.69) is 14.9 Å². The van der Waals surface area contributed by atoms with E-state index in [-0.39, 0.29) is 11.8 Å². The van der Waals surface area contributed by atoms with Gasteiger partial charge in [0.2, 0.25) is 5.91 Å². The van der Waals surface area contributed by atoms with Crippen molar-refractivity contribution in [3.63, 3.8) is 0 Å². The second kappa shape index (κ2) is 7.43. The molecule has 1 aliphatic carbocycles. The topological polar surface area (TPSA) is 56.1 Å². The highest BCUT2D eigenvalue weighted by Gasteiger charge is 2.22. The smallest absolute Gasteiger partial charge is 0.223 e. The first-order valence-corrected chi connectivity index (χ1v) is 7.50. The maximum absolute atomic E-state index is 11.9. The van der Waals surface area contributed by atoms with Crippen LogP contribution in [-0.4, -0.2) is 35.7 Å². The summed E-state index contributed by atoms with van der Waals surface area (Å²) in [5.41, 5.74) is 1.14. The first-order valence-electron chi connectivity index (χ1n) is 7.50. The van der Waals surface area contributed by atoms with E-state index in [1.54, 1.807) is 7.11 Å². The molecule has 1 amide bonds. The molecule has 0 spiro atoms. The third kappa shape index (κ3) is 3.82. The standard InChI is InChI=1S/C15H25N3O2/c1-12-11-17-14(18(12)9-10-20-2)7-8-16-15(19)13-5-3-4-6-13/h11,13H,3-10H2,1-2H3,(H,16,19). The number of aryl methyl sites for hydroxylation is 1. The van der Waals surface area contributed by atoms with Gasteiger partial charge in [-0.05, 0) is 19.8 Å². The molecule has 0 atom stereocenters. The van der Waals surface area contributed by atoms with Gasteiger partial charge in [0.25, 0.3) is 0 Å². The van der Waals surface area contributed by atoms with Crippen LogP contribution in [0.3, 0.4) is 0 Å². The van der Waals surface area contributed by atoms with Crippen LogP contribution in [0, 0.1) is 12.8 Å². The first-order chi connectivity index (χ1) is 9.72. The van der Waals surface area contributed by atoms with Crippen molar-refractivity contribution >= 4 is 5.91 Å². The lowest BCUT2D eigenvalue weighted by Gasteiger charge is -2.12. The largest absolute Gasteiger partial charge is 0.383 e. The minimum atomic E-state index is 0.217. The van der Waals surface area contributed by atoms with Crippen LogP contribution in [0.5, 0.6) is 0 Å². The first kappa shape index (κ1) is 15.0. The van der Waals surface area contributed by atoms with Crippen LogP contribution in [0.15, 0.2) is 6.20 Å². The van der Waals surface area contributed by atoms with Gasteiger partial charge in [0, 0.05) is 44.4 Å². The Morgan fingerprint density at radius 1 is 1.50 bits per heavy atom. The Hall–Kier alpha value is -1.36. The van der Waals surface area contributed by atoms with E-state index in [9.17, 15) is 4.79 Å². The maximum atomic E-state index is 11.9. The molecule has 1 aromatic heterocycles. The molecule has 20 heavy (non-hydrogen) atoms. The quantitative estimate of drug-likeness (QED) is 0.826. The van der Waals surface area contributed by atoms with E-state index in [0.29, 0.717) is 13.2 Å². The van der Waals surface area contributed by atoms with Crippen molar-refractivity contribution in [1.82, 2.24) is 14.9 Å². The molecule has 0 saturated heterocycles. The van der Waals surface area contributed by atoms with Crippen LogP contribution >= 0.6 is 0 Å². The molecule has 1 heterocycles. The zero-order valence-corrected chi connectivity index (χ0v) is 12.5. The van der Waals surface area contributed by atoms with Gasteiger partial charge in [-0.3, -0.25) is 4.79 Å². The van der Waals surface area contributed by atoms with Crippen molar-refractivity contribution in [2.45, 2.75) is 45.6 Å². The summed E-state index contributed by atoms with van der Waals surface area (Å²) >= 11 is 0. The Morgan fingerprint density at radius 2 is 2.25 bits per heavy atom. The highest BCUT2D eigenvalue weighted by atomic mass is 16.5. The lowest BCUT2D eigenvalue weighted by molar-refractivity contribution is -0.124. The third-order valence-electron chi connectivity index (χ3n) is 4.03. The summed E-state index contributed by atoms with van der Waals surface area (Å²) in [5.74, 6) is 1.48. The molecule has 1 aliphatic rings. The zero-order chi connectivity index (χ0) is 14.4.